The highest BCUT2D eigenvalue weighted by Crippen LogP contribution is 2.41. The van der Waals surface area contributed by atoms with Gasteiger partial charge in [-0.25, -0.2) is 0 Å². The van der Waals surface area contributed by atoms with E-state index < -0.39 is 14.9 Å². The summed E-state index contributed by atoms with van der Waals surface area (Å²) in [5, 5.41) is 10.9. The van der Waals surface area contributed by atoms with Gasteiger partial charge in [0.2, 0.25) is 0 Å². The molecular weight excluding hydrogens is 306 g/mol. The van der Waals surface area contributed by atoms with Gasteiger partial charge < -0.3 is 4.90 Å². The van der Waals surface area contributed by atoms with E-state index in [1.807, 2.05) is 4.90 Å². The molecule has 1 fully saturated rings. The number of benzene rings is 1. The molecule has 22 heavy (non-hydrogen) atoms. The van der Waals surface area contributed by atoms with Crippen LogP contribution in [0.5, 0.6) is 0 Å². The summed E-state index contributed by atoms with van der Waals surface area (Å²) < 4.78 is 28.7. The van der Waals surface area contributed by atoms with E-state index in [1.54, 1.807) is 0 Å². The lowest BCUT2D eigenvalue weighted by molar-refractivity contribution is -0.385. The fourth-order valence-corrected chi connectivity index (χ4v) is 3.88. The first-order valence-corrected chi connectivity index (χ1v) is 8.79. The van der Waals surface area contributed by atoms with Crippen LogP contribution in [0.25, 0.3) is 0 Å². The number of amidine groups is 1. The van der Waals surface area contributed by atoms with Crippen LogP contribution in [0.1, 0.15) is 32.6 Å². The summed E-state index contributed by atoms with van der Waals surface area (Å²) in [4.78, 5) is 12.2. The topological polar surface area (TPSA) is 92.9 Å². The van der Waals surface area contributed by atoms with E-state index in [2.05, 4.69) is 11.3 Å². The van der Waals surface area contributed by atoms with Crippen molar-refractivity contribution in [3.63, 3.8) is 0 Å². The fraction of sp³-hybridized carbons (Fsp3) is 0.500. The van der Waals surface area contributed by atoms with Gasteiger partial charge in [-0.1, -0.05) is 13.3 Å². The maximum atomic E-state index is 12.4. The molecule has 1 aromatic carbocycles. The SMILES string of the molecule is CCCCN1C(C2CC2)=NS(=O)(=O)c2cc([N+](=O)[O-])ccc21. The Morgan fingerprint density at radius 2 is 2.14 bits per heavy atom. The molecule has 0 atom stereocenters. The van der Waals surface area contributed by atoms with Crippen LogP contribution in [0.4, 0.5) is 11.4 Å². The minimum atomic E-state index is -3.87. The number of unbranched alkanes of at least 4 members (excludes halogenated alkanes) is 1. The van der Waals surface area contributed by atoms with Crippen LogP contribution in [0.2, 0.25) is 0 Å². The first-order chi connectivity index (χ1) is 10.4. The van der Waals surface area contributed by atoms with Crippen molar-refractivity contribution >= 4 is 27.2 Å². The van der Waals surface area contributed by atoms with E-state index in [0.717, 1.165) is 31.7 Å². The predicted molar refractivity (Wildman–Crippen MR) is 82.7 cm³/mol. The van der Waals surface area contributed by atoms with Gasteiger partial charge in [0, 0.05) is 24.6 Å². The van der Waals surface area contributed by atoms with E-state index in [0.29, 0.717) is 18.1 Å². The van der Waals surface area contributed by atoms with E-state index in [-0.39, 0.29) is 16.5 Å². The van der Waals surface area contributed by atoms with Crippen LogP contribution < -0.4 is 4.90 Å². The fourth-order valence-electron chi connectivity index (χ4n) is 2.58. The van der Waals surface area contributed by atoms with Crippen molar-refractivity contribution in [2.24, 2.45) is 10.3 Å². The summed E-state index contributed by atoms with van der Waals surface area (Å²) >= 11 is 0. The molecule has 7 nitrogen and oxygen atoms in total. The number of fused-ring (bicyclic) bond motifs is 1. The van der Waals surface area contributed by atoms with Crippen LogP contribution in [0, 0.1) is 16.0 Å². The van der Waals surface area contributed by atoms with E-state index >= 15 is 0 Å². The van der Waals surface area contributed by atoms with E-state index in [4.69, 9.17) is 0 Å². The van der Waals surface area contributed by atoms with Crippen LogP contribution >= 0.6 is 0 Å². The third-order valence-corrected chi connectivity index (χ3v) is 5.20. The smallest absolute Gasteiger partial charge is 0.286 e. The molecule has 1 heterocycles. The molecule has 8 heteroatoms. The lowest BCUT2D eigenvalue weighted by Crippen LogP contribution is -2.37. The monoisotopic (exact) mass is 323 g/mol. The highest BCUT2D eigenvalue weighted by atomic mass is 32.2. The molecule has 2 aliphatic rings. The van der Waals surface area contributed by atoms with Gasteiger partial charge in [0.1, 0.15) is 10.7 Å². The minimum absolute atomic E-state index is 0.0674. The zero-order chi connectivity index (χ0) is 15.9. The summed E-state index contributed by atoms with van der Waals surface area (Å²) in [5.41, 5.74) is 0.277. The Hall–Kier alpha value is -1.96. The number of hydrogen-bond acceptors (Lipinski definition) is 5. The second-order valence-electron chi connectivity index (χ2n) is 5.61. The van der Waals surface area contributed by atoms with Gasteiger partial charge in [0.25, 0.3) is 15.7 Å². The van der Waals surface area contributed by atoms with Crippen LogP contribution in [0.3, 0.4) is 0 Å². The number of nitro groups is 1. The second-order valence-corrected chi connectivity index (χ2v) is 7.19. The Balaban J connectivity index is 2.12. The Morgan fingerprint density at radius 1 is 1.41 bits per heavy atom. The molecule has 0 unspecified atom stereocenters. The summed E-state index contributed by atoms with van der Waals surface area (Å²) in [5.74, 6) is 0.782. The molecule has 0 spiro atoms. The summed E-state index contributed by atoms with van der Waals surface area (Å²) in [6.07, 6.45) is 3.77. The molecule has 1 aliphatic carbocycles. The Labute approximate surface area is 128 Å². The molecule has 0 bridgehead atoms. The zero-order valence-electron chi connectivity index (χ0n) is 12.2. The molecule has 1 aliphatic heterocycles. The zero-order valence-corrected chi connectivity index (χ0v) is 13.0. The highest BCUT2D eigenvalue weighted by Gasteiger charge is 2.39. The quantitative estimate of drug-likeness (QED) is 0.613. The van der Waals surface area contributed by atoms with Crippen molar-refractivity contribution in [3.05, 3.63) is 28.3 Å². The maximum absolute atomic E-state index is 12.4. The summed E-state index contributed by atoms with van der Waals surface area (Å²) in [6, 6.07) is 3.98. The van der Waals surface area contributed by atoms with Gasteiger partial charge in [0.15, 0.2) is 0 Å². The molecule has 0 saturated heterocycles. The minimum Gasteiger partial charge on any atom is -0.328 e. The average Bonchev–Trinajstić information content (AvgIpc) is 3.30. The van der Waals surface area contributed by atoms with Gasteiger partial charge >= 0.3 is 0 Å². The third-order valence-electron chi connectivity index (χ3n) is 3.89. The Kier molecular flexibility index (Phi) is 3.64. The molecular formula is C14H17N3O4S. The largest absolute Gasteiger partial charge is 0.328 e. The Bertz CT molecular complexity index is 753. The molecule has 0 N–H and O–H groups in total. The lowest BCUT2D eigenvalue weighted by atomic mass is 10.2. The normalized spacial score (nSPS) is 19.5. The number of hydrogen-bond donors (Lipinski definition) is 0. The first kappa shape index (κ1) is 15.0. The Morgan fingerprint density at radius 3 is 2.73 bits per heavy atom. The number of nitro benzene ring substituents is 1. The third kappa shape index (κ3) is 2.58. The summed E-state index contributed by atoms with van der Waals surface area (Å²) in [6.45, 7) is 2.73. The van der Waals surface area contributed by atoms with Gasteiger partial charge in [-0.05, 0) is 25.3 Å². The number of rotatable bonds is 5. The number of non-ortho nitro benzene ring substituents is 1. The molecule has 1 saturated carbocycles. The maximum Gasteiger partial charge on any atom is 0.286 e. The second kappa shape index (κ2) is 5.35. The summed E-state index contributed by atoms with van der Waals surface area (Å²) in [7, 11) is -3.87. The number of anilines is 1. The van der Waals surface area contributed by atoms with Gasteiger partial charge in [-0.2, -0.15) is 8.42 Å². The van der Waals surface area contributed by atoms with E-state index in [1.165, 1.54) is 12.1 Å². The predicted octanol–water partition coefficient (Wildman–Crippen LogP) is 2.71. The van der Waals surface area contributed by atoms with Crippen LogP contribution in [-0.2, 0) is 10.0 Å². The van der Waals surface area contributed by atoms with Crippen molar-refractivity contribution < 1.29 is 13.3 Å². The lowest BCUT2D eigenvalue weighted by Gasteiger charge is -2.30. The molecule has 0 aromatic heterocycles. The van der Waals surface area contributed by atoms with E-state index in [9.17, 15) is 18.5 Å². The highest BCUT2D eigenvalue weighted by molar-refractivity contribution is 7.90. The van der Waals surface area contributed by atoms with Crippen molar-refractivity contribution in [1.82, 2.24) is 0 Å². The first-order valence-electron chi connectivity index (χ1n) is 7.35. The average molecular weight is 323 g/mol. The van der Waals surface area contributed by atoms with Crippen molar-refractivity contribution in [3.8, 4) is 0 Å². The van der Waals surface area contributed by atoms with Gasteiger partial charge in [0.05, 0.1) is 10.6 Å². The van der Waals surface area contributed by atoms with Gasteiger partial charge in [-0.3, -0.25) is 10.1 Å². The van der Waals surface area contributed by atoms with Crippen LogP contribution in [-0.4, -0.2) is 25.7 Å². The van der Waals surface area contributed by atoms with Crippen molar-refractivity contribution in [2.45, 2.75) is 37.5 Å². The molecule has 0 amide bonds. The van der Waals surface area contributed by atoms with Crippen molar-refractivity contribution in [2.75, 3.05) is 11.4 Å². The van der Waals surface area contributed by atoms with Gasteiger partial charge in [-0.15, -0.1) is 4.40 Å². The molecule has 0 radical (unpaired) electrons. The molecule has 1 aromatic rings. The molecule has 3 rings (SSSR count). The number of sulfonamides is 1. The number of nitrogens with zero attached hydrogens (tertiary/aromatic N) is 3. The standard InChI is InChI=1S/C14H17N3O4S/c1-2-3-8-16-12-7-6-11(17(18)19)9-13(12)22(20,21)15-14(16)10-4-5-10/h6-7,9-10H,2-5,8H2,1H3. The molecule has 118 valence electrons. The van der Waals surface area contributed by atoms with Crippen LogP contribution in [0.15, 0.2) is 27.5 Å². The van der Waals surface area contributed by atoms with Crippen molar-refractivity contribution in [1.29, 1.82) is 0 Å².